The minimum Gasteiger partial charge on any atom is -0.467 e. The van der Waals surface area contributed by atoms with Crippen molar-refractivity contribution in [3.05, 3.63) is 70.8 Å². The molecule has 0 radical (unpaired) electrons. The molecule has 0 aliphatic rings. The summed E-state index contributed by atoms with van der Waals surface area (Å²) in [7, 11) is 1.03. The van der Waals surface area contributed by atoms with Gasteiger partial charge < -0.3 is 15.2 Å². The summed E-state index contributed by atoms with van der Waals surface area (Å²) in [5.74, 6) is -2.02. The Balaban J connectivity index is 2.12. The summed E-state index contributed by atoms with van der Waals surface area (Å²) in [5, 5.41) is 12.3. The van der Waals surface area contributed by atoms with E-state index in [4.69, 9.17) is 0 Å². The Morgan fingerprint density at radius 1 is 0.903 bits per heavy atom. The van der Waals surface area contributed by atoms with Crippen LogP contribution in [-0.4, -0.2) is 30.1 Å². The van der Waals surface area contributed by atoms with Gasteiger partial charge in [0, 0.05) is 6.42 Å². The van der Waals surface area contributed by atoms with E-state index in [9.17, 15) is 41.0 Å². The van der Waals surface area contributed by atoms with E-state index in [1.165, 1.54) is 0 Å². The van der Waals surface area contributed by atoms with Gasteiger partial charge in [-0.3, -0.25) is 4.79 Å². The summed E-state index contributed by atoms with van der Waals surface area (Å²) >= 11 is 0. The number of aliphatic hydroxyl groups excluding tert-OH is 1. The lowest BCUT2D eigenvalue weighted by molar-refractivity contribution is -0.146. The number of aliphatic hydroxyl groups is 1. The Hall–Kier alpha value is -3.08. The van der Waals surface area contributed by atoms with Crippen LogP contribution in [-0.2, 0) is 33.1 Å². The van der Waals surface area contributed by atoms with Crippen LogP contribution in [0.4, 0.5) is 26.3 Å². The second-order valence-corrected chi connectivity index (χ2v) is 6.51. The molecule has 2 atom stereocenters. The van der Waals surface area contributed by atoms with E-state index in [2.05, 4.69) is 10.1 Å². The van der Waals surface area contributed by atoms with Crippen molar-refractivity contribution < 1.29 is 45.8 Å². The van der Waals surface area contributed by atoms with Crippen molar-refractivity contribution in [3.8, 4) is 0 Å². The monoisotopic (exact) mass is 449 g/mol. The number of nitrogens with one attached hydrogen (secondary N) is 1. The van der Waals surface area contributed by atoms with Gasteiger partial charge in [-0.25, -0.2) is 4.79 Å². The molecule has 11 heteroatoms. The number of carbonyl (C=O) groups is 2. The van der Waals surface area contributed by atoms with Gasteiger partial charge in [-0.2, -0.15) is 26.3 Å². The molecule has 0 saturated heterocycles. The number of rotatable bonds is 6. The third-order valence-electron chi connectivity index (χ3n) is 4.33. The van der Waals surface area contributed by atoms with Crippen LogP contribution < -0.4 is 5.32 Å². The van der Waals surface area contributed by atoms with Crippen LogP contribution in [0.15, 0.2) is 48.5 Å². The lowest BCUT2D eigenvalue weighted by atomic mass is 10.0. The van der Waals surface area contributed by atoms with Gasteiger partial charge >= 0.3 is 18.3 Å². The Bertz CT molecular complexity index is 907. The maximum atomic E-state index is 12.7. The van der Waals surface area contributed by atoms with Gasteiger partial charge in [0.05, 0.1) is 18.2 Å². The van der Waals surface area contributed by atoms with Crippen molar-refractivity contribution in [1.29, 1.82) is 0 Å². The molecule has 31 heavy (non-hydrogen) atoms. The summed E-state index contributed by atoms with van der Waals surface area (Å²) in [6.07, 6.45) is -11.3. The highest BCUT2D eigenvalue weighted by molar-refractivity contribution is 5.87. The number of esters is 1. The molecule has 2 aromatic rings. The van der Waals surface area contributed by atoms with Crippen LogP contribution in [0, 0.1) is 0 Å². The number of benzene rings is 2. The zero-order valence-electron chi connectivity index (χ0n) is 15.9. The van der Waals surface area contributed by atoms with Crippen LogP contribution in [0.3, 0.4) is 0 Å². The third kappa shape index (κ3) is 6.45. The number of hydrogen-bond donors (Lipinski definition) is 2. The van der Waals surface area contributed by atoms with Gasteiger partial charge in [0.2, 0.25) is 0 Å². The van der Waals surface area contributed by atoms with E-state index in [-0.39, 0.29) is 17.5 Å². The molecule has 0 aromatic heterocycles. The van der Waals surface area contributed by atoms with E-state index in [0.29, 0.717) is 12.1 Å². The first kappa shape index (κ1) is 24.2. The van der Waals surface area contributed by atoms with Crippen LogP contribution in [0.25, 0.3) is 0 Å². The number of amides is 1. The highest BCUT2D eigenvalue weighted by Gasteiger charge is 2.32. The van der Waals surface area contributed by atoms with Crippen LogP contribution in [0.2, 0.25) is 0 Å². The average Bonchev–Trinajstić information content (AvgIpc) is 2.71. The number of hydrogen-bond acceptors (Lipinski definition) is 4. The molecule has 168 valence electrons. The van der Waals surface area contributed by atoms with Gasteiger partial charge in [0.1, 0.15) is 6.04 Å². The second kappa shape index (κ2) is 9.38. The van der Waals surface area contributed by atoms with Crippen molar-refractivity contribution in [2.75, 3.05) is 7.11 Å². The number of methoxy groups -OCH3 is 1. The molecule has 0 unspecified atom stereocenters. The highest BCUT2D eigenvalue weighted by atomic mass is 19.4. The highest BCUT2D eigenvalue weighted by Crippen LogP contribution is 2.30. The first-order chi connectivity index (χ1) is 14.3. The Kier molecular flexibility index (Phi) is 7.32. The maximum Gasteiger partial charge on any atom is 0.416 e. The van der Waals surface area contributed by atoms with Crippen molar-refractivity contribution in [2.45, 2.75) is 30.9 Å². The van der Waals surface area contributed by atoms with Gasteiger partial charge in [0.15, 0.2) is 6.10 Å². The molecular weight excluding hydrogens is 432 g/mol. The lowest BCUT2D eigenvalue weighted by Crippen LogP contribution is -2.45. The molecule has 5 nitrogen and oxygen atoms in total. The molecule has 2 aromatic carbocycles. The third-order valence-corrected chi connectivity index (χ3v) is 4.33. The number of ether oxygens (including phenoxy) is 1. The van der Waals surface area contributed by atoms with Crippen molar-refractivity contribution >= 4 is 11.9 Å². The molecule has 0 aliphatic heterocycles. The predicted molar refractivity (Wildman–Crippen MR) is 95.5 cm³/mol. The fourth-order valence-electron chi connectivity index (χ4n) is 2.66. The largest absolute Gasteiger partial charge is 0.467 e. The van der Waals surface area contributed by atoms with Crippen LogP contribution in [0.1, 0.15) is 28.4 Å². The molecule has 0 bridgehead atoms. The van der Waals surface area contributed by atoms with Gasteiger partial charge in [-0.05, 0) is 35.4 Å². The fraction of sp³-hybridized carbons (Fsp3) is 0.300. The summed E-state index contributed by atoms with van der Waals surface area (Å²) in [4.78, 5) is 24.3. The smallest absolute Gasteiger partial charge is 0.416 e. The number of alkyl halides is 6. The first-order valence-corrected chi connectivity index (χ1v) is 8.72. The summed E-state index contributed by atoms with van der Waals surface area (Å²) in [6, 6.07) is 5.71. The fourth-order valence-corrected chi connectivity index (χ4v) is 2.66. The SMILES string of the molecule is COC(=O)[C@H](Cc1ccc(C(F)(F)F)cc1)NC(=O)[C@H](O)c1ccc(C(F)(F)F)cc1. The Morgan fingerprint density at radius 3 is 1.77 bits per heavy atom. The number of halogens is 6. The lowest BCUT2D eigenvalue weighted by Gasteiger charge is -2.19. The van der Waals surface area contributed by atoms with Gasteiger partial charge in [-0.15, -0.1) is 0 Å². The minimum atomic E-state index is -4.59. The molecule has 2 rings (SSSR count). The first-order valence-electron chi connectivity index (χ1n) is 8.72. The van der Waals surface area contributed by atoms with Crippen LogP contribution in [0.5, 0.6) is 0 Å². The van der Waals surface area contributed by atoms with E-state index in [1.807, 2.05) is 0 Å². The molecule has 0 fully saturated rings. The van der Waals surface area contributed by atoms with Crippen molar-refractivity contribution in [1.82, 2.24) is 5.32 Å². The van der Waals surface area contributed by atoms with Gasteiger partial charge in [0.25, 0.3) is 5.91 Å². The summed E-state index contributed by atoms with van der Waals surface area (Å²) in [5.41, 5.74) is -1.75. The normalized spacial score (nSPS) is 13.9. The molecular formula is C20H17F6NO4. The van der Waals surface area contributed by atoms with Gasteiger partial charge in [-0.1, -0.05) is 24.3 Å². The predicted octanol–water partition coefficient (Wildman–Crippen LogP) is 3.66. The standard InChI is InChI=1S/C20H17F6NO4/c1-31-18(30)15(10-11-2-6-13(7-3-11)19(21,22)23)27-17(29)16(28)12-4-8-14(9-5-12)20(24,25)26/h2-9,15-16,28H,10H2,1H3,(H,27,29)/t15-,16+/m0/s1. The molecule has 0 heterocycles. The molecule has 2 N–H and O–H groups in total. The van der Waals surface area contributed by atoms with E-state index in [1.54, 1.807) is 0 Å². The van der Waals surface area contributed by atoms with Crippen LogP contribution >= 0.6 is 0 Å². The average molecular weight is 449 g/mol. The Labute approximate surface area is 172 Å². The van der Waals surface area contributed by atoms with E-state index < -0.39 is 47.5 Å². The quantitative estimate of drug-likeness (QED) is 0.522. The zero-order chi connectivity index (χ0) is 23.4. The van der Waals surface area contributed by atoms with E-state index in [0.717, 1.165) is 43.5 Å². The summed E-state index contributed by atoms with van der Waals surface area (Å²) in [6.45, 7) is 0. The Morgan fingerprint density at radius 2 is 1.35 bits per heavy atom. The maximum absolute atomic E-state index is 12.7. The number of carbonyl (C=O) groups excluding carboxylic acids is 2. The molecule has 0 spiro atoms. The molecule has 0 aliphatic carbocycles. The zero-order valence-corrected chi connectivity index (χ0v) is 15.9. The minimum absolute atomic E-state index is 0.149. The molecule has 0 saturated carbocycles. The van der Waals surface area contributed by atoms with E-state index >= 15 is 0 Å². The topological polar surface area (TPSA) is 75.6 Å². The van der Waals surface area contributed by atoms with Crippen molar-refractivity contribution in [3.63, 3.8) is 0 Å². The van der Waals surface area contributed by atoms with Crippen molar-refractivity contribution in [2.24, 2.45) is 0 Å². The molecule has 1 amide bonds. The summed E-state index contributed by atoms with van der Waals surface area (Å²) < 4.78 is 80.4. The second-order valence-electron chi connectivity index (χ2n) is 6.51.